The maximum absolute atomic E-state index is 5.19. The number of hydrogen-bond donors (Lipinski definition) is 0. The molecule has 1 aliphatic rings. The van der Waals surface area contributed by atoms with Crippen LogP contribution in [-0.4, -0.2) is 5.16 Å². The van der Waals surface area contributed by atoms with Crippen molar-refractivity contribution in [2.45, 2.75) is 26.2 Å². The van der Waals surface area contributed by atoms with Crippen LogP contribution in [0.3, 0.4) is 0 Å². The van der Waals surface area contributed by atoms with Crippen LogP contribution in [0.2, 0.25) is 0 Å². The number of fused-ring (bicyclic) bond motifs is 1. The molecular formula is C11H13NO. The Morgan fingerprint density at radius 2 is 2.46 bits per heavy atom. The van der Waals surface area contributed by atoms with Crippen LogP contribution in [0.1, 0.15) is 37.5 Å². The van der Waals surface area contributed by atoms with Gasteiger partial charge >= 0.3 is 0 Å². The van der Waals surface area contributed by atoms with E-state index in [0.29, 0.717) is 5.92 Å². The molecule has 0 saturated carbocycles. The molecule has 0 N–H and O–H groups in total. The van der Waals surface area contributed by atoms with Gasteiger partial charge in [0, 0.05) is 11.5 Å². The summed E-state index contributed by atoms with van der Waals surface area (Å²) < 4.78 is 5.19. The van der Waals surface area contributed by atoms with Gasteiger partial charge in [0.25, 0.3) is 0 Å². The van der Waals surface area contributed by atoms with Gasteiger partial charge in [0.1, 0.15) is 0 Å². The van der Waals surface area contributed by atoms with E-state index in [2.05, 4.69) is 31.7 Å². The Hall–Kier alpha value is -1.31. The first kappa shape index (κ1) is 8.30. The Balaban J connectivity index is 2.49. The van der Waals surface area contributed by atoms with Crippen LogP contribution in [0.4, 0.5) is 0 Å². The number of aromatic nitrogens is 1. The highest BCUT2D eigenvalue weighted by molar-refractivity contribution is 5.65. The second-order valence-electron chi connectivity index (χ2n) is 3.63. The second kappa shape index (κ2) is 2.87. The van der Waals surface area contributed by atoms with Crippen LogP contribution in [-0.2, 0) is 0 Å². The molecule has 1 atom stereocenters. The summed E-state index contributed by atoms with van der Waals surface area (Å²) in [7, 11) is 0. The highest BCUT2D eigenvalue weighted by atomic mass is 16.5. The van der Waals surface area contributed by atoms with E-state index in [-0.39, 0.29) is 0 Å². The molecular weight excluding hydrogens is 162 g/mol. The summed E-state index contributed by atoms with van der Waals surface area (Å²) in [5.74, 6) is 1.32. The summed E-state index contributed by atoms with van der Waals surface area (Å²) in [4.78, 5) is 0. The average molecular weight is 175 g/mol. The zero-order chi connectivity index (χ0) is 9.42. The smallest absolute Gasteiger partial charge is 0.166 e. The number of allylic oxidation sites excluding steroid dienone is 3. The lowest BCUT2D eigenvalue weighted by molar-refractivity contribution is 0.407. The third kappa shape index (κ3) is 1.22. The van der Waals surface area contributed by atoms with E-state index in [0.717, 1.165) is 12.2 Å². The normalized spacial score (nSPS) is 20.8. The van der Waals surface area contributed by atoms with Crippen molar-refractivity contribution in [2.24, 2.45) is 0 Å². The highest BCUT2D eigenvalue weighted by Crippen LogP contribution is 2.37. The van der Waals surface area contributed by atoms with E-state index in [1.54, 1.807) is 0 Å². The van der Waals surface area contributed by atoms with Crippen molar-refractivity contribution < 1.29 is 4.52 Å². The summed E-state index contributed by atoms with van der Waals surface area (Å²) >= 11 is 0. The van der Waals surface area contributed by atoms with E-state index in [4.69, 9.17) is 4.52 Å². The lowest BCUT2D eigenvalue weighted by atomic mass is 9.84. The van der Waals surface area contributed by atoms with Gasteiger partial charge in [0.15, 0.2) is 5.76 Å². The Morgan fingerprint density at radius 1 is 1.69 bits per heavy atom. The fraction of sp³-hybridized carbons (Fsp3) is 0.364. The van der Waals surface area contributed by atoms with Gasteiger partial charge in [-0.25, -0.2) is 0 Å². The van der Waals surface area contributed by atoms with Crippen LogP contribution in [0.15, 0.2) is 28.9 Å². The number of hydrogen-bond acceptors (Lipinski definition) is 2. The van der Waals surface area contributed by atoms with Crippen molar-refractivity contribution in [3.63, 3.8) is 0 Å². The van der Waals surface area contributed by atoms with Crippen LogP contribution < -0.4 is 0 Å². The highest BCUT2D eigenvalue weighted by Gasteiger charge is 2.23. The molecule has 0 radical (unpaired) electrons. The molecule has 0 saturated heterocycles. The first-order valence-electron chi connectivity index (χ1n) is 4.47. The van der Waals surface area contributed by atoms with Crippen LogP contribution >= 0.6 is 0 Å². The molecule has 0 unspecified atom stereocenters. The van der Waals surface area contributed by atoms with Gasteiger partial charge < -0.3 is 4.52 Å². The SMILES string of the molecule is C=C(C)[C@@H]1CC=C(C)c2oncc21. The molecule has 1 aromatic rings. The van der Waals surface area contributed by atoms with Crippen molar-refractivity contribution in [1.29, 1.82) is 0 Å². The first-order chi connectivity index (χ1) is 6.20. The van der Waals surface area contributed by atoms with Crippen LogP contribution in [0.5, 0.6) is 0 Å². The van der Waals surface area contributed by atoms with Gasteiger partial charge in [-0.1, -0.05) is 23.4 Å². The van der Waals surface area contributed by atoms with Crippen LogP contribution in [0.25, 0.3) is 5.57 Å². The molecule has 0 aromatic carbocycles. The lowest BCUT2D eigenvalue weighted by Crippen LogP contribution is -2.04. The van der Waals surface area contributed by atoms with E-state index >= 15 is 0 Å². The van der Waals surface area contributed by atoms with E-state index in [1.165, 1.54) is 16.7 Å². The fourth-order valence-corrected chi connectivity index (χ4v) is 1.78. The summed E-state index contributed by atoms with van der Waals surface area (Å²) in [6.07, 6.45) is 5.02. The van der Waals surface area contributed by atoms with Crippen molar-refractivity contribution in [1.82, 2.24) is 5.16 Å². The van der Waals surface area contributed by atoms with Crippen molar-refractivity contribution >= 4 is 5.57 Å². The second-order valence-corrected chi connectivity index (χ2v) is 3.63. The first-order valence-corrected chi connectivity index (χ1v) is 4.47. The Labute approximate surface area is 77.9 Å². The molecule has 13 heavy (non-hydrogen) atoms. The van der Waals surface area contributed by atoms with Gasteiger partial charge in [-0.3, -0.25) is 0 Å². The Morgan fingerprint density at radius 3 is 3.15 bits per heavy atom. The number of nitrogens with zero attached hydrogens (tertiary/aromatic N) is 1. The third-order valence-corrected chi connectivity index (χ3v) is 2.59. The van der Waals surface area contributed by atoms with E-state index in [9.17, 15) is 0 Å². The molecule has 1 aromatic heterocycles. The standard InChI is InChI=1S/C11H13NO/c1-7(2)9-5-4-8(3)11-10(9)6-12-13-11/h4,6,9H,1,5H2,2-3H3/t9-/m0/s1. The van der Waals surface area contributed by atoms with E-state index in [1.807, 2.05) is 6.20 Å². The van der Waals surface area contributed by atoms with Crippen LogP contribution in [0, 0.1) is 0 Å². The molecule has 0 spiro atoms. The van der Waals surface area contributed by atoms with Crippen molar-refractivity contribution in [2.75, 3.05) is 0 Å². The predicted octanol–water partition coefficient (Wildman–Crippen LogP) is 3.14. The Kier molecular flexibility index (Phi) is 1.83. The molecule has 1 heterocycles. The minimum atomic E-state index is 0.393. The molecule has 2 nitrogen and oxygen atoms in total. The third-order valence-electron chi connectivity index (χ3n) is 2.59. The molecule has 68 valence electrons. The molecule has 0 amide bonds. The summed E-state index contributed by atoms with van der Waals surface area (Å²) in [5.41, 5.74) is 3.55. The fourth-order valence-electron chi connectivity index (χ4n) is 1.78. The maximum Gasteiger partial charge on any atom is 0.166 e. The Bertz CT molecular complexity index is 373. The summed E-state index contributed by atoms with van der Waals surface area (Å²) in [6.45, 7) is 8.09. The predicted molar refractivity (Wildman–Crippen MR) is 52.3 cm³/mol. The molecule has 2 heteroatoms. The summed E-state index contributed by atoms with van der Waals surface area (Å²) in [6, 6.07) is 0. The molecule has 0 bridgehead atoms. The van der Waals surface area contributed by atoms with Gasteiger partial charge in [-0.2, -0.15) is 0 Å². The van der Waals surface area contributed by atoms with Gasteiger partial charge in [-0.15, -0.1) is 0 Å². The molecule has 1 aliphatic carbocycles. The topological polar surface area (TPSA) is 26.0 Å². The average Bonchev–Trinajstić information content (AvgIpc) is 2.53. The summed E-state index contributed by atoms with van der Waals surface area (Å²) in [5, 5.41) is 3.83. The molecule has 0 aliphatic heterocycles. The van der Waals surface area contributed by atoms with Crippen molar-refractivity contribution in [3.05, 3.63) is 35.7 Å². The van der Waals surface area contributed by atoms with Gasteiger partial charge in [0.05, 0.1) is 6.20 Å². The minimum absolute atomic E-state index is 0.393. The quantitative estimate of drug-likeness (QED) is 0.613. The molecule has 2 rings (SSSR count). The minimum Gasteiger partial charge on any atom is -0.356 e. The zero-order valence-corrected chi connectivity index (χ0v) is 8.00. The largest absolute Gasteiger partial charge is 0.356 e. The van der Waals surface area contributed by atoms with Gasteiger partial charge in [-0.05, 0) is 25.8 Å². The maximum atomic E-state index is 5.19. The number of rotatable bonds is 1. The van der Waals surface area contributed by atoms with Gasteiger partial charge in [0.2, 0.25) is 0 Å². The van der Waals surface area contributed by atoms with E-state index < -0.39 is 0 Å². The zero-order valence-electron chi connectivity index (χ0n) is 8.00. The molecule has 0 fully saturated rings. The monoisotopic (exact) mass is 175 g/mol. The van der Waals surface area contributed by atoms with Crippen molar-refractivity contribution in [3.8, 4) is 0 Å². The lowest BCUT2D eigenvalue weighted by Gasteiger charge is -2.18.